The molecule has 1 aromatic rings. The van der Waals surface area contributed by atoms with Gasteiger partial charge in [0.2, 0.25) is 5.91 Å². The van der Waals surface area contributed by atoms with Crippen LogP contribution in [0.2, 0.25) is 0 Å². The maximum atomic E-state index is 12.8. The third kappa shape index (κ3) is 8.37. The molecule has 1 N–H and O–H groups in total. The van der Waals surface area contributed by atoms with E-state index < -0.39 is 19.4 Å². The Labute approximate surface area is 162 Å². The van der Waals surface area contributed by atoms with Gasteiger partial charge in [-0.05, 0) is 20.3 Å². The Bertz CT molecular complexity index is 610. The fourth-order valence-corrected chi connectivity index (χ4v) is 4.17. The maximum absolute atomic E-state index is 12.8. The number of hydrogen-bond donors (Lipinski definition) is 1. The zero-order valence-corrected chi connectivity index (χ0v) is 17.5. The molecule has 0 fully saturated rings. The number of carbonyl (C=O) groups is 2. The monoisotopic (exact) mass is 397 g/mol. The van der Waals surface area contributed by atoms with E-state index in [-0.39, 0.29) is 25.3 Å². The van der Waals surface area contributed by atoms with Gasteiger partial charge < -0.3 is 14.4 Å². The fraction of sp³-hybridized carbons (Fsp3) is 0.600. The number of ketones is 1. The molecule has 0 saturated carbocycles. The molecule has 0 spiro atoms. The van der Waals surface area contributed by atoms with Gasteiger partial charge >= 0.3 is 7.60 Å². The average molecular weight is 397 g/mol. The van der Waals surface area contributed by atoms with Crippen LogP contribution in [-0.4, -0.2) is 31.2 Å². The number of nitrogens with one attached hydrogen (secondary N) is 1. The van der Waals surface area contributed by atoms with Gasteiger partial charge in [0.25, 0.3) is 0 Å². The van der Waals surface area contributed by atoms with Gasteiger partial charge in [-0.3, -0.25) is 14.2 Å². The highest BCUT2D eigenvalue weighted by Crippen LogP contribution is 2.46. The first-order chi connectivity index (χ1) is 13.0. The van der Waals surface area contributed by atoms with Gasteiger partial charge in [0, 0.05) is 5.56 Å². The summed E-state index contributed by atoms with van der Waals surface area (Å²) in [5.74, 6) is -1.45. The van der Waals surface area contributed by atoms with Crippen LogP contribution in [0.4, 0.5) is 0 Å². The molecular weight excluding hydrogens is 365 g/mol. The Morgan fingerprint density at radius 3 is 2.19 bits per heavy atom. The molecule has 0 radical (unpaired) electrons. The highest BCUT2D eigenvalue weighted by Gasteiger charge is 2.30. The van der Waals surface area contributed by atoms with Crippen LogP contribution in [0, 0.1) is 5.92 Å². The highest BCUT2D eigenvalue weighted by atomic mass is 31.2. The first-order valence-corrected chi connectivity index (χ1v) is 11.4. The third-order valence-electron chi connectivity index (χ3n) is 4.14. The number of Topliss-reactive ketones (excluding diaryl/α,β-unsaturated/α-hetero) is 1. The number of carbonyl (C=O) groups excluding carboxylic acids is 2. The molecule has 1 unspecified atom stereocenters. The molecule has 1 atom stereocenters. The highest BCUT2D eigenvalue weighted by molar-refractivity contribution is 7.53. The Kier molecular flexibility index (Phi) is 11.2. The van der Waals surface area contributed by atoms with Crippen molar-refractivity contribution in [1.29, 1.82) is 0 Å². The van der Waals surface area contributed by atoms with Crippen LogP contribution in [0.3, 0.4) is 0 Å². The van der Waals surface area contributed by atoms with Crippen molar-refractivity contribution in [3.63, 3.8) is 0 Å². The summed E-state index contributed by atoms with van der Waals surface area (Å²) in [5, 5.41) is 2.61. The van der Waals surface area contributed by atoms with Crippen molar-refractivity contribution < 1.29 is 23.2 Å². The van der Waals surface area contributed by atoms with Crippen molar-refractivity contribution in [2.75, 3.05) is 19.5 Å². The van der Waals surface area contributed by atoms with Crippen LogP contribution in [0.5, 0.6) is 0 Å². The van der Waals surface area contributed by atoms with Gasteiger partial charge in [-0.1, -0.05) is 62.9 Å². The van der Waals surface area contributed by atoms with Crippen molar-refractivity contribution >= 4 is 19.3 Å². The van der Waals surface area contributed by atoms with Crippen LogP contribution in [0.15, 0.2) is 30.3 Å². The minimum atomic E-state index is -3.39. The molecule has 0 bridgehead atoms. The van der Waals surface area contributed by atoms with E-state index in [1.165, 1.54) is 0 Å². The molecular formula is C20H32NO5P. The quantitative estimate of drug-likeness (QED) is 0.211. The number of hydrogen-bond acceptors (Lipinski definition) is 5. The molecule has 0 aliphatic heterocycles. The number of benzene rings is 1. The predicted molar refractivity (Wildman–Crippen MR) is 107 cm³/mol. The molecule has 7 heteroatoms. The Morgan fingerprint density at radius 2 is 1.63 bits per heavy atom. The molecule has 0 saturated heterocycles. The molecule has 0 aliphatic rings. The summed E-state index contributed by atoms with van der Waals surface area (Å²) in [6.45, 7) is 5.97. The molecule has 0 aromatic heterocycles. The number of rotatable bonds is 14. The Morgan fingerprint density at radius 1 is 1.00 bits per heavy atom. The van der Waals surface area contributed by atoms with E-state index in [1.807, 2.05) is 6.07 Å². The zero-order chi connectivity index (χ0) is 20.1. The van der Waals surface area contributed by atoms with Gasteiger partial charge in [-0.2, -0.15) is 0 Å². The van der Waals surface area contributed by atoms with E-state index in [0.717, 1.165) is 25.7 Å². The molecule has 27 heavy (non-hydrogen) atoms. The van der Waals surface area contributed by atoms with Crippen LogP contribution in [0.1, 0.15) is 63.2 Å². The maximum Gasteiger partial charge on any atom is 0.349 e. The van der Waals surface area contributed by atoms with Crippen LogP contribution < -0.4 is 5.32 Å². The first-order valence-electron chi connectivity index (χ1n) is 9.72. The molecule has 0 aliphatic carbocycles. The molecule has 6 nitrogen and oxygen atoms in total. The lowest BCUT2D eigenvalue weighted by Gasteiger charge is -2.20. The largest absolute Gasteiger partial charge is 0.349 e. The lowest BCUT2D eigenvalue weighted by Crippen LogP contribution is -2.36. The van der Waals surface area contributed by atoms with Crippen LogP contribution in [-0.2, 0) is 18.4 Å². The first kappa shape index (κ1) is 23.5. The summed E-state index contributed by atoms with van der Waals surface area (Å²) in [7, 11) is -3.39. The Hall–Kier alpha value is -1.49. The van der Waals surface area contributed by atoms with Crippen molar-refractivity contribution in [2.45, 2.75) is 52.9 Å². The summed E-state index contributed by atoms with van der Waals surface area (Å²) >= 11 is 0. The van der Waals surface area contributed by atoms with Crippen LogP contribution >= 0.6 is 7.60 Å². The molecule has 152 valence electrons. The van der Waals surface area contributed by atoms with Gasteiger partial charge in [-0.25, -0.2) is 0 Å². The van der Waals surface area contributed by atoms with Crippen molar-refractivity contribution in [2.24, 2.45) is 5.92 Å². The van der Waals surface area contributed by atoms with Gasteiger partial charge in [0.1, 0.15) is 12.2 Å². The van der Waals surface area contributed by atoms with E-state index in [1.54, 1.807) is 38.1 Å². The van der Waals surface area contributed by atoms with Gasteiger partial charge in [-0.15, -0.1) is 0 Å². The molecule has 0 heterocycles. The number of amides is 1. The van der Waals surface area contributed by atoms with Crippen molar-refractivity contribution in [3.8, 4) is 0 Å². The lowest BCUT2D eigenvalue weighted by atomic mass is 9.91. The van der Waals surface area contributed by atoms with E-state index in [4.69, 9.17) is 9.05 Å². The topological polar surface area (TPSA) is 81.7 Å². The lowest BCUT2D eigenvalue weighted by molar-refractivity contribution is -0.123. The minimum absolute atomic E-state index is 0.216. The van der Waals surface area contributed by atoms with E-state index in [0.29, 0.717) is 12.0 Å². The van der Waals surface area contributed by atoms with E-state index >= 15 is 0 Å². The van der Waals surface area contributed by atoms with E-state index in [9.17, 15) is 14.2 Å². The third-order valence-corrected chi connectivity index (χ3v) is 5.98. The summed E-state index contributed by atoms with van der Waals surface area (Å²) in [4.78, 5) is 25.5. The van der Waals surface area contributed by atoms with Gasteiger partial charge in [0.05, 0.1) is 13.2 Å². The van der Waals surface area contributed by atoms with Crippen LogP contribution in [0.25, 0.3) is 0 Å². The van der Waals surface area contributed by atoms with Crippen molar-refractivity contribution in [3.05, 3.63) is 35.9 Å². The SMILES string of the molecule is CCCCCCC(C(=O)NCP(=O)(OCC)OCC)C(=O)c1ccccc1. The average Bonchev–Trinajstić information content (AvgIpc) is 2.67. The fourth-order valence-electron chi connectivity index (χ4n) is 2.78. The second-order valence-corrected chi connectivity index (χ2v) is 8.33. The standard InChI is InChI=1S/C20H32NO5P/c1-4-7-8-12-15-18(19(22)17-13-10-9-11-14-17)20(23)21-16-27(24,25-5-2)26-6-3/h9-11,13-14,18H,4-8,12,15-16H2,1-3H3,(H,21,23). The summed E-state index contributed by atoms with van der Waals surface area (Å²) in [5.41, 5.74) is 0.506. The van der Waals surface area contributed by atoms with E-state index in [2.05, 4.69) is 12.2 Å². The summed E-state index contributed by atoms with van der Waals surface area (Å²) in [6.07, 6.45) is 4.14. The van der Waals surface area contributed by atoms with Gasteiger partial charge in [0.15, 0.2) is 5.78 Å². The smallest absolute Gasteiger partial charge is 0.344 e. The second-order valence-electron chi connectivity index (χ2n) is 6.28. The van der Waals surface area contributed by atoms with Crippen molar-refractivity contribution in [1.82, 2.24) is 5.32 Å². The normalized spacial score (nSPS) is 12.6. The number of unbranched alkanes of at least 4 members (excludes halogenated alkanes) is 3. The second kappa shape index (κ2) is 12.8. The molecule has 1 aromatic carbocycles. The molecule has 1 amide bonds. The summed E-state index contributed by atoms with van der Waals surface area (Å²) in [6, 6.07) is 8.79. The Balaban J connectivity index is 2.82. The predicted octanol–water partition coefficient (Wildman–Crippen LogP) is 4.80. The molecule has 1 rings (SSSR count). The summed E-state index contributed by atoms with van der Waals surface area (Å²) < 4.78 is 22.9. The minimum Gasteiger partial charge on any atom is -0.344 e. The zero-order valence-electron chi connectivity index (χ0n) is 16.6.